The number of carboxylic acids is 1. The molecule has 0 bridgehead atoms. The van der Waals surface area contributed by atoms with Crippen molar-refractivity contribution in [3.63, 3.8) is 0 Å². The Hall–Kier alpha value is -1.57. The Balaban J connectivity index is 3.32. The molecule has 0 unspecified atom stereocenters. The highest BCUT2D eigenvalue weighted by Gasteiger charge is 2.42. The van der Waals surface area contributed by atoms with Crippen molar-refractivity contribution in [2.45, 2.75) is 25.7 Å². The molecule has 86 valence electrons. The van der Waals surface area contributed by atoms with E-state index in [0.717, 1.165) is 5.56 Å². The van der Waals surface area contributed by atoms with Crippen LogP contribution in [0.15, 0.2) is 43.0 Å². The van der Waals surface area contributed by atoms with E-state index in [2.05, 4.69) is 6.58 Å². The van der Waals surface area contributed by atoms with E-state index in [1.807, 2.05) is 44.2 Å². The number of hydrogen-bond acceptors (Lipinski definition) is 1. The van der Waals surface area contributed by atoms with Crippen LogP contribution in [-0.2, 0) is 10.2 Å². The van der Waals surface area contributed by atoms with Gasteiger partial charge in [0.1, 0.15) is 0 Å². The van der Waals surface area contributed by atoms with Gasteiger partial charge in [-0.3, -0.25) is 4.79 Å². The molecule has 0 radical (unpaired) electrons. The van der Waals surface area contributed by atoms with Crippen LogP contribution in [0.3, 0.4) is 0 Å². The van der Waals surface area contributed by atoms with Gasteiger partial charge in [0, 0.05) is 0 Å². The minimum absolute atomic E-state index is 0.0189. The Kier molecular flexibility index (Phi) is 3.88. The second kappa shape index (κ2) is 4.97. The monoisotopic (exact) mass is 218 g/mol. The van der Waals surface area contributed by atoms with Gasteiger partial charge in [-0.25, -0.2) is 0 Å². The average Bonchev–Trinajstić information content (AvgIpc) is 2.26. The molecule has 0 spiro atoms. The maximum atomic E-state index is 11.6. The fourth-order valence-electron chi connectivity index (χ4n) is 2.11. The number of carboxylic acid groups (broad SMARTS) is 1. The number of hydrogen-bond donors (Lipinski definition) is 1. The van der Waals surface area contributed by atoms with E-state index in [9.17, 15) is 9.90 Å². The lowest BCUT2D eigenvalue weighted by molar-refractivity contribution is -0.145. The lowest BCUT2D eigenvalue weighted by atomic mass is 9.69. The summed E-state index contributed by atoms with van der Waals surface area (Å²) in [6.07, 6.45) is 2.13. The van der Waals surface area contributed by atoms with E-state index in [1.54, 1.807) is 6.08 Å². The molecule has 0 fully saturated rings. The van der Waals surface area contributed by atoms with Crippen LogP contribution in [0.5, 0.6) is 0 Å². The molecule has 1 N–H and O–H groups in total. The third-order valence-corrected chi connectivity index (χ3v) is 3.12. The first-order valence-electron chi connectivity index (χ1n) is 5.45. The zero-order valence-corrected chi connectivity index (χ0v) is 9.81. The Morgan fingerprint density at radius 1 is 1.44 bits per heavy atom. The zero-order valence-electron chi connectivity index (χ0n) is 9.81. The Morgan fingerprint density at radius 3 is 2.38 bits per heavy atom. The van der Waals surface area contributed by atoms with Crippen LogP contribution in [0, 0.1) is 5.92 Å². The summed E-state index contributed by atoms with van der Waals surface area (Å²) in [6, 6.07) is 9.39. The summed E-state index contributed by atoms with van der Waals surface area (Å²) in [6.45, 7) is 7.54. The normalized spacial score (nSPS) is 14.4. The van der Waals surface area contributed by atoms with Gasteiger partial charge in [0.2, 0.25) is 0 Å². The van der Waals surface area contributed by atoms with Gasteiger partial charge >= 0.3 is 5.97 Å². The summed E-state index contributed by atoms with van der Waals surface area (Å²) in [5.74, 6) is -0.765. The molecular weight excluding hydrogens is 200 g/mol. The lowest BCUT2D eigenvalue weighted by Crippen LogP contribution is -2.40. The van der Waals surface area contributed by atoms with Gasteiger partial charge in [0.25, 0.3) is 0 Å². The molecule has 0 saturated heterocycles. The van der Waals surface area contributed by atoms with Crippen molar-refractivity contribution in [3.05, 3.63) is 48.6 Å². The molecule has 0 aliphatic rings. The van der Waals surface area contributed by atoms with Gasteiger partial charge in [0.15, 0.2) is 0 Å². The summed E-state index contributed by atoms with van der Waals surface area (Å²) in [5.41, 5.74) is -0.0133. The molecule has 1 atom stereocenters. The summed E-state index contributed by atoms with van der Waals surface area (Å²) < 4.78 is 0. The van der Waals surface area contributed by atoms with Crippen molar-refractivity contribution in [2.75, 3.05) is 0 Å². The molecule has 1 aromatic carbocycles. The number of allylic oxidation sites excluding steroid dienone is 1. The molecule has 1 aromatic rings. The Bertz CT molecular complexity index is 368. The van der Waals surface area contributed by atoms with E-state index in [0.29, 0.717) is 6.42 Å². The maximum absolute atomic E-state index is 11.6. The number of carbonyl (C=O) groups is 1. The first kappa shape index (κ1) is 12.5. The summed E-state index contributed by atoms with van der Waals surface area (Å²) in [5, 5.41) is 9.53. The van der Waals surface area contributed by atoms with Gasteiger partial charge in [-0.1, -0.05) is 50.3 Å². The maximum Gasteiger partial charge on any atom is 0.314 e. The first-order valence-corrected chi connectivity index (χ1v) is 5.45. The summed E-state index contributed by atoms with van der Waals surface area (Å²) in [7, 11) is 0. The van der Waals surface area contributed by atoms with Gasteiger partial charge in [-0.2, -0.15) is 0 Å². The topological polar surface area (TPSA) is 37.3 Å². The molecule has 0 amide bonds. The number of benzene rings is 1. The van der Waals surface area contributed by atoms with Crippen molar-refractivity contribution in [2.24, 2.45) is 5.92 Å². The molecule has 0 aliphatic carbocycles. The van der Waals surface area contributed by atoms with E-state index in [4.69, 9.17) is 0 Å². The second-order valence-corrected chi connectivity index (χ2v) is 4.29. The second-order valence-electron chi connectivity index (χ2n) is 4.29. The smallest absolute Gasteiger partial charge is 0.314 e. The Morgan fingerprint density at radius 2 is 2.00 bits per heavy atom. The summed E-state index contributed by atoms with van der Waals surface area (Å²) in [4.78, 5) is 11.6. The number of aliphatic carboxylic acids is 1. The van der Waals surface area contributed by atoms with Crippen LogP contribution in [0.2, 0.25) is 0 Å². The van der Waals surface area contributed by atoms with Crippen LogP contribution in [0.1, 0.15) is 25.8 Å². The van der Waals surface area contributed by atoms with Crippen LogP contribution in [0.4, 0.5) is 0 Å². The third kappa shape index (κ3) is 2.01. The van der Waals surface area contributed by atoms with E-state index in [-0.39, 0.29) is 5.92 Å². The van der Waals surface area contributed by atoms with Gasteiger partial charge in [-0.05, 0) is 17.9 Å². The quantitative estimate of drug-likeness (QED) is 0.770. The Labute approximate surface area is 96.6 Å². The first-order chi connectivity index (χ1) is 7.55. The van der Waals surface area contributed by atoms with Crippen LogP contribution in [0.25, 0.3) is 0 Å². The van der Waals surface area contributed by atoms with E-state index in [1.165, 1.54) is 0 Å². The largest absolute Gasteiger partial charge is 0.481 e. The fraction of sp³-hybridized carbons (Fsp3) is 0.357. The third-order valence-electron chi connectivity index (χ3n) is 3.12. The van der Waals surface area contributed by atoms with Crippen molar-refractivity contribution in [1.82, 2.24) is 0 Å². The average molecular weight is 218 g/mol. The lowest BCUT2D eigenvalue weighted by Gasteiger charge is -2.33. The fourth-order valence-corrected chi connectivity index (χ4v) is 2.11. The highest BCUT2D eigenvalue weighted by Crippen LogP contribution is 2.36. The van der Waals surface area contributed by atoms with Crippen molar-refractivity contribution in [3.8, 4) is 0 Å². The minimum Gasteiger partial charge on any atom is -0.481 e. The predicted molar refractivity (Wildman–Crippen MR) is 65.4 cm³/mol. The SMILES string of the molecule is C=CC[C@@](C(=O)O)(c1ccccc1)C(C)C. The van der Waals surface area contributed by atoms with E-state index >= 15 is 0 Å². The van der Waals surface area contributed by atoms with Gasteiger partial charge in [-0.15, -0.1) is 6.58 Å². The molecule has 0 aliphatic heterocycles. The van der Waals surface area contributed by atoms with Crippen LogP contribution in [-0.4, -0.2) is 11.1 Å². The van der Waals surface area contributed by atoms with Gasteiger partial charge in [0.05, 0.1) is 5.41 Å². The van der Waals surface area contributed by atoms with Gasteiger partial charge < -0.3 is 5.11 Å². The highest BCUT2D eigenvalue weighted by atomic mass is 16.4. The van der Waals surface area contributed by atoms with Crippen molar-refractivity contribution < 1.29 is 9.90 Å². The molecule has 2 nitrogen and oxygen atoms in total. The summed E-state index contributed by atoms with van der Waals surface area (Å²) >= 11 is 0. The molecular formula is C14H18O2. The van der Waals surface area contributed by atoms with Crippen LogP contribution >= 0.6 is 0 Å². The highest BCUT2D eigenvalue weighted by molar-refractivity contribution is 5.82. The van der Waals surface area contributed by atoms with Crippen molar-refractivity contribution in [1.29, 1.82) is 0 Å². The molecule has 0 aromatic heterocycles. The van der Waals surface area contributed by atoms with Crippen molar-refractivity contribution >= 4 is 5.97 Å². The molecule has 0 saturated carbocycles. The predicted octanol–water partition coefficient (Wildman–Crippen LogP) is 3.24. The van der Waals surface area contributed by atoms with Crippen LogP contribution < -0.4 is 0 Å². The molecule has 1 rings (SSSR count). The zero-order chi connectivity index (χ0) is 12.2. The van der Waals surface area contributed by atoms with E-state index < -0.39 is 11.4 Å². The molecule has 2 heteroatoms. The standard InChI is InChI=1S/C14H18O2/c1-4-10-14(11(2)3,13(15)16)12-8-6-5-7-9-12/h4-9,11H,1,10H2,2-3H3,(H,15,16)/t14-/m0/s1. The molecule has 16 heavy (non-hydrogen) atoms. The molecule has 0 heterocycles. The minimum atomic E-state index is -0.858. The number of rotatable bonds is 5.